The standard InChI is InChI=1S/C15H19NO3S/c1-19-14(18)15(9-3-2-4-10-15)16-13(17)8-7-12-6-5-11-20-12/h5-8,11H,2-4,9-10H2,1H3,(H,16,17)/b8-7+. The van der Waals surface area contributed by atoms with E-state index in [2.05, 4.69) is 5.32 Å². The molecule has 5 heteroatoms. The van der Waals surface area contributed by atoms with Gasteiger partial charge >= 0.3 is 5.97 Å². The highest BCUT2D eigenvalue weighted by Crippen LogP contribution is 2.29. The third kappa shape index (κ3) is 3.48. The van der Waals surface area contributed by atoms with Crippen LogP contribution in [-0.2, 0) is 14.3 Å². The number of ether oxygens (including phenoxy) is 1. The first-order valence-electron chi connectivity index (χ1n) is 6.78. The Morgan fingerprint density at radius 2 is 2.10 bits per heavy atom. The van der Waals surface area contributed by atoms with Crippen LogP contribution < -0.4 is 5.32 Å². The largest absolute Gasteiger partial charge is 0.467 e. The van der Waals surface area contributed by atoms with Crippen molar-refractivity contribution in [3.8, 4) is 0 Å². The molecule has 0 saturated heterocycles. The van der Waals surface area contributed by atoms with Crippen molar-refractivity contribution in [2.24, 2.45) is 0 Å². The monoisotopic (exact) mass is 293 g/mol. The second-order valence-electron chi connectivity index (χ2n) is 4.97. The van der Waals surface area contributed by atoms with Gasteiger partial charge < -0.3 is 10.1 Å². The van der Waals surface area contributed by atoms with E-state index in [1.54, 1.807) is 17.4 Å². The molecule has 0 radical (unpaired) electrons. The smallest absolute Gasteiger partial charge is 0.331 e. The molecule has 0 atom stereocenters. The summed E-state index contributed by atoms with van der Waals surface area (Å²) in [6.07, 6.45) is 7.50. The lowest BCUT2D eigenvalue weighted by Gasteiger charge is -2.34. The minimum absolute atomic E-state index is 0.245. The second-order valence-corrected chi connectivity index (χ2v) is 5.95. The first-order chi connectivity index (χ1) is 9.66. The summed E-state index contributed by atoms with van der Waals surface area (Å²) in [6.45, 7) is 0. The van der Waals surface area contributed by atoms with Crippen LogP contribution >= 0.6 is 11.3 Å². The molecule has 0 unspecified atom stereocenters. The molecule has 1 heterocycles. The average molecular weight is 293 g/mol. The minimum atomic E-state index is -0.843. The van der Waals surface area contributed by atoms with Gasteiger partial charge in [0.05, 0.1) is 7.11 Å². The molecular weight excluding hydrogens is 274 g/mol. The van der Waals surface area contributed by atoms with Gasteiger partial charge in [0.1, 0.15) is 5.54 Å². The van der Waals surface area contributed by atoms with Gasteiger partial charge in [-0.1, -0.05) is 25.3 Å². The maximum atomic E-state index is 12.0. The number of thiophene rings is 1. The minimum Gasteiger partial charge on any atom is -0.467 e. The molecule has 1 aliphatic carbocycles. The number of hydrogen-bond donors (Lipinski definition) is 1. The molecule has 2 rings (SSSR count). The van der Waals surface area contributed by atoms with E-state index in [0.29, 0.717) is 12.8 Å². The Balaban J connectivity index is 2.04. The van der Waals surface area contributed by atoms with Crippen molar-refractivity contribution in [1.82, 2.24) is 5.32 Å². The molecule has 1 amide bonds. The van der Waals surface area contributed by atoms with Crippen LogP contribution in [0.1, 0.15) is 37.0 Å². The predicted molar refractivity (Wildman–Crippen MR) is 79.3 cm³/mol. The van der Waals surface area contributed by atoms with Crippen molar-refractivity contribution in [2.45, 2.75) is 37.6 Å². The highest BCUT2D eigenvalue weighted by atomic mass is 32.1. The van der Waals surface area contributed by atoms with Crippen molar-refractivity contribution in [2.75, 3.05) is 7.11 Å². The van der Waals surface area contributed by atoms with E-state index < -0.39 is 5.54 Å². The van der Waals surface area contributed by atoms with Crippen molar-refractivity contribution in [3.63, 3.8) is 0 Å². The molecule has 1 aromatic heterocycles. The third-order valence-electron chi connectivity index (χ3n) is 3.59. The average Bonchev–Trinajstić information content (AvgIpc) is 2.98. The fourth-order valence-corrected chi connectivity index (χ4v) is 3.17. The number of hydrogen-bond acceptors (Lipinski definition) is 4. The van der Waals surface area contributed by atoms with Crippen LogP contribution in [0.2, 0.25) is 0 Å². The van der Waals surface area contributed by atoms with Crippen molar-refractivity contribution >= 4 is 29.3 Å². The van der Waals surface area contributed by atoms with Gasteiger partial charge in [-0.3, -0.25) is 4.79 Å². The van der Waals surface area contributed by atoms with Crippen LogP contribution in [0.25, 0.3) is 6.08 Å². The number of methoxy groups -OCH3 is 1. The van der Waals surface area contributed by atoms with Crippen molar-refractivity contribution in [1.29, 1.82) is 0 Å². The van der Waals surface area contributed by atoms with Gasteiger partial charge in [0.2, 0.25) is 5.91 Å². The van der Waals surface area contributed by atoms with Gasteiger partial charge in [0, 0.05) is 11.0 Å². The third-order valence-corrected chi connectivity index (χ3v) is 4.43. The topological polar surface area (TPSA) is 55.4 Å². The van der Waals surface area contributed by atoms with Gasteiger partial charge in [0.15, 0.2) is 0 Å². The van der Waals surface area contributed by atoms with E-state index in [1.807, 2.05) is 17.5 Å². The summed E-state index contributed by atoms with van der Waals surface area (Å²) in [4.78, 5) is 25.0. The van der Waals surface area contributed by atoms with Crippen LogP contribution in [0.3, 0.4) is 0 Å². The quantitative estimate of drug-likeness (QED) is 0.686. The highest BCUT2D eigenvalue weighted by Gasteiger charge is 2.41. The number of carbonyl (C=O) groups is 2. The summed E-state index contributed by atoms with van der Waals surface area (Å²) in [5.41, 5.74) is -0.843. The Morgan fingerprint density at radius 1 is 1.35 bits per heavy atom. The van der Waals surface area contributed by atoms with E-state index in [0.717, 1.165) is 24.1 Å². The highest BCUT2D eigenvalue weighted by molar-refractivity contribution is 7.10. The zero-order chi connectivity index (χ0) is 14.4. The maximum absolute atomic E-state index is 12.0. The van der Waals surface area contributed by atoms with Gasteiger partial charge in [-0.25, -0.2) is 4.79 Å². The molecule has 0 spiro atoms. The van der Waals surface area contributed by atoms with E-state index in [4.69, 9.17) is 4.74 Å². The molecule has 0 bridgehead atoms. The number of esters is 1. The van der Waals surface area contributed by atoms with Gasteiger partial charge in [-0.15, -0.1) is 11.3 Å². The second kappa shape index (κ2) is 6.70. The molecule has 1 N–H and O–H groups in total. The molecule has 108 valence electrons. The summed E-state index contributed by atoms with van der Waals surface area (Å²) in [5, 5.41) is 4.80. The Morgan fingerprint density at radius 3 is 2.70 bits per heavy atom. The number of carbonyl (C=O) groups excluding carboxylic acids is 2. The molecule has 0 aromatic carbocycles. The lowest BCUT2D eigenvalue weighted by Crippen LogP contribution is -2.55. The normalized spacial score (nSPS) is 17.9. The molecule has 0 aliphatic heterocycles. The predicted octanol–water partition coefficient (Wildman–Crippen LogP) is 2.75. The molecule has 1 aromatic rings. The molecule has 1 fully saturated rings. The van der Waals surface area contributed by atoms with Gasteiger partial charge in [-0.2, -0.15) is 0 Å². The summed E-state index contributed by atoms with van der Waals surface area (Å²) in [5.74, 6) is -0.583. The molecule has 4 nitrogen and oxygen atoms in total. The first kappa shape index (κ1) is 14.8. The zero-order valence-corrected chi connectivity index (χ0v) is 12.4. The Labute approximate surface area is 122 Å². The van der Waals surface area contributed by atoms with Crippen molar-refractivity contribution in [3.05, 3.63) is 28.5 Å². The Kier molecular flexibility index (Phi) is 4.95. The number of amides is 1. The van der Waals surface area contributed by atoms with Crippen LogP contribution in [-0.4, -0.2) is 24.5 Å². The zero-order valence-electron chi connectivity index (χ0n) is 11.6. The van der Waals surface area contributed by atoms with Crippen LogP contribution in [0.5, 0.6) is 0 Å². The summed E-state index contributed by atoms with van der Waals surface area (Å²) >= 11 is 1.56. The lowest BCUT2D eigenvalue weighted by atomic mass is 9.81. The van der Waals surface area contributed by atoms with E-state index in [1.165, 1.54) is 13.2 Å². The van der Waals surface area contributed by atoms with Crippen LogP contribution in [0.4, 0.5) is 0 Å². The van der Waals surface area contributed by atoms with Gasteiger partial charge in [0.25, 0.3) is 0 Å². The van der Waals surface area contributed by atoms with Crippen LogP contribution in [0.15, 0.2) is 23.6 Å². The lowest BCUT2D eigenvalue weighted by molar-refractivity contribution is -0.152. The SMILES string of the molecule is COC(=O)C1(NC(=O)/C=C/c2cccs2)CCCCC1. The first-order valence-corrected chi connectivity index (χ1v) is 7.66. The van der Waals surface area contributed by atoms with E-state index in [-0.39, 0.29) is 11.9 Å². The Hall–Kier alpha value is -1.62. The molecule has 20 heavy (non-hydrogen) atoms. The Bertz CT molecular complexity index is 487. The summed E-state index contributed by atoms with van der Waals surface area (Å²) in [7, 11) is 1.37. The summed E-state index contributed by atoms with van der Waals surface area (Å²) in [6, 6.07) is 3.87. The molecular formula is C15H19NO3S. The molecule has 1 aliphatic rings. The maximum Gasteiger partial charge on any atom is 0.331 e. The van der Waals surface area contributed by atoms with E-state index in [9.17, 15) is 9.59 Å². The van der Waals surface area contributed by atoms with E-state index >= 15 is 0 Å². The fourth-order valence-electron chi connectivity index (χ4n) is 2.55. The number of rotatable bonds is 4. The fraction of sp³-hybridized carbons (Fsp3) is 0.467. The summed E-state index contributed by atoms with van der Waals surface area (Å²) < 4.78 is 4.87. The van der Waals surface area contributed by atoms with Gasteiger partial charge in [-0.05, 0) is 30.4 Å². The van der Waals surface area contributed by atoms with Crippen LogP contribution in [0, 0.1) is 0 Å². The van der Waals surface area contributed by atoms with Crippen molar-refractivity contribution < 1.29 is 14.3 Å². The number of nitrogens with one attached hydrogen (secondary N) is 1. The molecule has 1 saturated carbocycles.